The highest BCUT2D eigenvalue weighted by atomic mass is 32.2. The van der Waals surface area contributed by atoms with E-state index < -0.39 is 10.0 Å². The second kappa shape index (κ2) is 5.85. The van der Waals surface area contributed by atoms with Gasteiger partial charge in [-0.3, -0.25) is 4.72 Å². The number of nitrogens with zero attached hydrogens (tertiary/aromatic N) is 2. The molecule has 0 aliphatic heterocycles. The molecule has 1 aromatic heterocycles. The molecule has 9 heteroatoms. The molecule has 0 saturated heterocycles. The normalized spacial score (nSPS) is 11.2. The first kappa shape index (κ1) is 13.6. The number of nitrogen functional groups attached to an aromatic ring is 1. The van der Waals surface area contributed by atoms with Crippen LogP contribution < -0.4 is 15.2 Å². The summed E-state index contributed by atoms with van der Waals surface area (Å²) in [5.41, 5.74) is 6.15. The van der Waals surface area contributed by atoms with Crippen LogP contribution in [0.1, 0.15) is 0 Å². The van der Waals surface area contributed by atoms with Gasteiger partial charge in [-0.2, -0.15) is 0 Å². The van der Waals surface area contributed by atoms with Crippen LogP contribution in [0.25, 0.3) is 0 Å². The van der Waals surface area contributed by atoms with Gasteiger partial charge in [0.2, 0.25) is 10.0 Å². The highest BCUT2D eigenvalue weighted by molar-refractivity contribution is 7.92. The summed E-state index contributed by atoms with van der Waals surface area (Å²) in [5.74, 6) is 0.370. The summed E-state index contributed by atoms with van der Waals surface area (Å²) in [6.45, 7) is 0.0328. The Morgan fingerprint density at radius 3 is 2.95 bits per heavy atom. The van der Waals surface area contributed by atoms with Gasteiger partial charge in [0.05, 0.1) is 6.20 Å². The van der Waals surface area contributed by atoms with E-state index in [2.05, 4.69) is 14.3 Å². The zero-order valence-electron chi connectivity index (χ0n) is 9.81. The fraction of sp³-hybridized carbons (Fsp3) is 0.200. The van der Waals surface area contributed by atoms with Crippen LogP contribution in [0.2, 0.25) is 0 Å². The largest absolute Gasteiger partial charge is 0.492 e. The van der Waals surface area contributed by atoms with E-state index in [1.165, 1.54) is 6.20 Å². The lowest BCUT2D eigenvalue weighted by atomic mass is 10.3. The fourth-order valence-corrected chi connectivity index (χ4v) is 2.86. The summed E-state index contributed by atoms with van der Waals surface area (Å²) in [6.07, 6.45) is 1.35. The first-order chi connectivity index (χ1) is 9.05. The number of nitrogens with two attached hydrogens (primary N) is 1. The van der Waals surface area contributed by atoms with E-state index in [1.54, 1.807) is 24.3 Å². The molecule has 0 unspecified atom stereocenters. The quantitative estimate of drug-likeness (QED) is 0.769. The van der Waals surface area contributed by atoms with E-state index in [1.807, 2.05) is 0 Å². The molecule has 0 atom stereocenters. The van der Waals surface area contributed by atoms with Gasteiger partial charge in [-0.05, 0) is 12.1 Å². The highest BCUT2D eigenvalue weighted by Crippen LogP contribution is 2.15. The molecule has 1 heterocycles. The Bertz CT molecular complexity index is 628. The van der Waals surface area contributed by atoms with Crippen molar-refractivity contribution >= 4 is 32.2 Å². The van der Waals surface area contributed by atoms with Crippen molar-refractivity contribution in [3.63, 3.8) is 0 Å². The van der Waals surface area contributed by atoms with Crippen LogP contribution in [0.15, 0.2) is 30.5 Å². The van der Waals surface area contributed by atoms with Crippen molar-refractivity contribution < 1.29 is 13.2 Å². The van der Waals surface area contributed by atoms with E-state index in [-0.39, 0.29) is 12.4 Å². The van der Waals surface area contributed by atoms with Gasteiger partial charge in [-0.1, -0.05) is 10.6 Å². The Morgan fingerprint density at radius 2 is 2.26 bits per heavy atom. The number of anilines is 2. The Balaban J connectivity index is 1.85. The number of rotatable bonds is 6. The monoisotopic (exact) mass is 300 g/mol. The molecule has 0 amide bonds. The Kier molecular flexibility index (Phi) is 4.17. The third-order valence-corrected chi connectivity index (χ3v) is 4.04. The molecule has 0 aliphatic carbocycles. The van der Waals surface area contributed by atoms with Gasteiger partial charge in [-0.15, -0.1) is 5.10 Å². The molecule has 0 fully saturated rings. The summed E-state index contributed by atoms with van der Waals surface area (Å²) in [7, 11) is -3.46. The van der Waals surface area contributed by atoms with E-state index in [4.69, 9.17) is 10.5 Å². The predicted molar refractivity (Wildman–Crippen MR) is 73.7 cm³/mol. The van der Waals surface area contributed by atoms with Crippen LogP contribution in [-0.2, 0) is 10.0 Å². The van der Waals surface area contributed by atoms with E-state index >= 15 is 0 Å². The molecule has 7 nitrogen and oxygen atoms in total. The molecule has 2 rings (SSSR count). The SMILES string of the molecule is Nc1cccc(OCCS(=O)(=O)Nc2cnns2)c1. The molecule has 3 N–H and O–H groups in total. The van der Waals surface area contributed by atoms with Crippen LogP contribution in [0.5, 0.6) is 5.75 Å². The fourth-order valence-electron chi connectivity index (χ4n) is 1.29. The number of hydrogen-bond acceptors (Lipinski definition) is 7. The second-order valence-electron chi connectivity index (χ2n) is 3.62. The van der Waals surface area contributed by atoms with Crippen molar-refractivity contribution in [1.29, 1.82) is 0 Å². The Hall–Kier alpha value is -1.87. The second-order valence-corrected chi connectivity index (χ2v) is 6.25. The van der Waals surface area contributed by atoms with Crippen LogP contribution in [0.4, 0.5) is 10.7 Å². The molecule has 0 radical (unpaired) electrons. The average molecular weight is 300 g/mol. The van der Waals surface area contributed by atoms with Crippen molar-refractivity contribution in [3.8, 4) is 5.75 Å². The van der Waals surface area contributed by atoms with E-state index in [9.17, 15) is 8.42 Å². The van der Waals surface area contributed by atoms with Crippen molar-refractivity contribution in [1.82, 2.24) is 9.59 Å². The van der Waals surface area contributed by atoms with Crippen LogP contribution in [0, 0.1) is 0 Å². The molecule has 2 aromatic rings. The average Bonchev–Trinajstić information content (AvgIpc) is 2.80. The molecule has 19 heavy (non-hydrogen) atoms. The molecular formula is C10H12N4O3S2. The lowest BCUT2D eigenvalue weighted by Crippen LogP contribution is -2.20. The number of nitrogens with one attached hydrogen (secondary N) is 1. The van der Waals surface area contributed by atoms with Crippen molar-refractivity contribution in [2.75, 3.05) is 22.8 Å². The number of benzene rings is 1. The van der Waals surface area contributed by atoms with Crippen LogP contribution >= 0.6 is 11.5 Å². The number of sulfonamides is 1. The summed E-state index contributed by atoms with van der Waals surface area (Å²) < 4.78 is 34.6. The molecule has 102 valence electrons. The lowest BCUT2D eigenvalue weighted by Gasteiger charge is -2.08. The zero-order valence-corrected chi connectivity index (χ0v) is 11.4. The third kappa shape index (κ3) is 4.38. The Morgan fingerprint density at radius 1 is 1.42 bits per heavy atom. The summed E-state index contributed by atoms with van der Waals surface area (Å²) in [6, 6.07) is 6.80. The topological polar surface area (TPSA) is 107 Å². The molecule has 0 aliphatic rings. The minimum atomic E-state index is -3.46. The minimum Gasteiger partial charge on any atom is -0.492 e. The summed E-state index contributed by atoms with van der Waals surface area (Å²) in [4.78, 5) is 0. The molecular weight excluding hydrogens is 288 g/mol. The van der Waals surface area contributed by atoms with E-state index in [0.717, 1.165) is 11.5 Å². The van der Waals surface area contributed by atoms with Crippen molar-refractivity contribution in [3.05, 3.63) is 30.5 Å². The van der Waals surface area contributed by atoms with Crippen LogP contribution in [-0.4, -0.2) is 30.4 Å². The molecule has 0 saturated carbocycles. The minimum absolute atomic E-state index is 0.0328. The standard InChI is InChI=1S/C10H12N4O3S2/c11-8-2-1-3-9(6-8)17-4-5-19(15,16)13-10-7-12-14-18-10/h1-3,6-7,13H,4-5,11H2. The number of hydrogen-bond donors (Lipinski definition) is 2. The van der Waals surface area contributed by atoms with Gasteiger partial charge in [0.1, 0.15) is 23.1 Å². The lowest BCUT2D eigenvalue weighted by molar-refractivity contribution is 0.341. The number of aromatic nitrogens is 2. The smallest absolute Gasteiger partial charge is 0.236 e. The Labute approximate surface area is 114 Å². The summed E-state index contributed by atoms with van der Waals surface area (Å²) in [5, 5.41) is 3.92. The van der Waals surface area contributed by atoms with Crippen molar-refractivity contribution in [2.24, 2.45) is 0 Å². The maximum absolute atomic E-state index is 11.7. The molecule has 0 bridgehead atoms. The summed E-state index contributed by atoms with van der Waals surface area (Å²) >= 11 is 0.973. The van der Waals surface area contributed by atoms with Gasteiger partial charge in [-0.25, -0.2) is 8.42 Å². The maximum Gasteiger partial charge on any atom is 0.236 e. The van der Waals surface area contributed by atoms with Gasteiger partial charge < -0.3 is 10.5 Å². The molecule has 0 spiro atoms. The van der Waals surface area contributed by atoms with Gasteiger partial charge in [0, 0.05) is 23.3 Å². The highest BCUT2D eigenvalue weighted by Gasteiger charge is 2.12. The van der Waals surface area contributed by atoms with Crippen LogP contribution in [0.3, 0.4) is 0 Å². The third-order valence-electron chi connectivity index (χ3n) is 2.10. The first-order valence-electron chi connectivity index (χ1n) is 5.31. The van der Waals surface area contributed by atoms with E-state index in [0.29, 0.717) is 16.4 Å². The first-order valence-corrected chi connectivity index (χ1v) is 7.74. The number of ether oxygens (including phenoxy) is 1. The van der Waals surface area contributed by atoms with Gasteiger partial charge in [0.15, 0.2) is 0 Å². The zero-order chi connectivity index (χ0) is 13.7. The van der Waals surface area contributed by atoms with Gasteiger partial charge >= 0.3 is 0 Å². The predicted octanol–water partition coefficient (Wildman–Crippen LogP) is 0.941. The van der Waals surface area contributed by atoms with Crippen molar-refractivity contribution in [2.45, 2.75) is 0 Å². The van der Waals surface area contributed by atoms with Gasteiger partial charge in [0.25, 0.3) is 0 Å². The molecule has 1 aromatic carbocycles. The maximum atomic E-state index is 11.7.